The topological polar surface area (TPSA) is 44.9 Å². The van der Waals surface area contributed by atoms with Crippen LogP contribution in [-0.2, 0) is 11.2 Å². The molecule has 1 aromatic heterocycles. The van der Waals surface area contributed by atoms with Gasteiger partial charge in [-0.25, -0.2) is 0 Å². The highest BCUT2D eigenvalue weighted by Gasteiger charge is 2.09. The molecule has 0 aliphatic rings. The number of hydrogen-bond donors (Lipinski definition) is 2. The molecule has 0 spiro atoms. The first kappa shape index (κ1) is 14.7. The summed E-state index contributed by atoms with van der Waals surface area (Å²) in [4.78, 5) is 15.9. The molecule has 0 saturated heterocycles. The molecule has 2 aromatic rings. The minimum Gasteiger partial charge on any atom is -0.341 e. The molecule has 0 fully saturated rings. The van der Waals surface area contributed by atoms with Crippen molar-refractivity contribution in [3.63, 3.8) is 0 Å². The van der Waals surface area contributed by atoms with Crippen LogP contribution in [-0.4, -0.2) is 10.9 Å². The van der Waals surface area contributed by atoms with Gasteiger partial charge in [-0.05, 0) is 53.3 Å². The van der Waals surface area contributed by atoms with Gasteiger partial charge in [0.15, 0.2) is 3.95 Å². The zero-order chi connectivity index (χ0) is 14.0. The summed E-state index contributed by atoms with van der Waals surface area (Å²) < 4.78 is 1.44. The van der Waals surface area contributed by atoms with Crippen molar-refractivity contribution in [3.05, 3.63) is 42.2 Å². The van der Waals surface area contributed by atoms with Crippen molar-refractivity contribution in [2.45, 2.75) is 13.3 Å². The second-order valence-electron chi connectivity index (χ2n) is 3.92. The largest absolute Gasteiger partial charge is 0.341 e. The van der Waals surface area contributed by atoms with Crippen molar-refractivity contribution in [2.24, 2.45) is 0 Å². The lowest BCUT2D eigenvalue weighted by atomic mass is 10.2. The highest BCUT2D eigenvalue weighted by Crippen LogP contribution is 2.25. The maximum absolute atomic E-state index is 11.9. The fourth-order valence-corrected chi connectivity index (χ4v) is 3.32. The zero-order valence-corrected chi connectivity index (χ0v) is 13.9. The number of aromatic nitrogens is 1. The van der Waals surface area contributed by atoms with Crippen molar-refractivity contribution < 1.29 is 4.79 Å². The Kier molecular flexibility index (Phi) is 4.78. The summed E-state index contributed by atoms with van der Waals surface area (Å²) in [5.41, 5.74) is 1.65. The number of anilines is 1. The first-order valence-corrected chi connectivity index (χ1v) is 7.79. The van der Waals surface area contributed by atoms with Crippen molar-refractivity contribution in [1.29, 1.82) is 0 Å². The smallest absolute Gasteiger partial charge is 0.229 e. The second-order valence-corrected chi connectivity index (χ2v) is 6.95. The molecule has 0 aliphatic carbocycles. The fraction of sp³-hybridized carbons (Fsp3) is 0.167. The molecule has 0 aliphatic heterocycles. The first-order valence-electron chi connectivity index (χ1n) is 5.39. The number of H-pyrrole nitrogens is 1. The molecule has 19 heavy (non-hydrogen) atoms. The Bertz CT molecular complexity index is 681. The highest BCUT2D eigenvalue weighted by atomic mass is 79.9. The van der Waals surface area contributed by atoms with E-state index in [1.807, 2.05) is 6.92 Å². The first-order chi connectivity index (χ1) is 8.95. The van der Waals surface area contributed by atoms with Crippen molar-refractivity contribution in [2.75, 3.05) is 5.32 Å². The predicted octanol–water partition coefficient (Wildman–Crippen LogP) is 4.71. The van der Waals surface area contributed by atoms with Crippen LogP contribution in [0.2, 0.25) is 5.02 Å². The van der Waals surface area contributed by atoms with Gasteiger partial charge in [0.25, 0.3) is 0 Å². The number of rotatable bonds is 3. The van der Waals surface area contributed by atoms with Crippen LogP contribution < -0.4 is 5.32 Å². The summed E-state index contributed by atoms with van der Waals surface area (Å²) in [7, 11) is 0. The monoisotopic (exact) mass is 376 g/mol. The van der Waals surface area contributed by atoms with E-state index in [0.717, 1.165) is 15.0 Å². The Hall–Kier alpha value is -0.690. The maximum atomic E-state index is 11.9. The number of hydrogen-bond acceptors (Lipinski definition) is 3. The van der Waals surface area contributed by atoms with Crippen LogP contribution >= 0.6 is 51.1 Å². The summed E-state index contributed by atoms with van der Waals surface area (Å²) in [6.07, 6.45) is 0.309. The number of amides is 1. The normalized spacial score (nSPS) is 10.5. The van der Waals surface area contributed by atoms with E-state index < -0.39 is 0 Å². The summed E-state index contributed by atoms with van der Waals surface area (Å²) in [5.74, 6) is -0.0810. The number of carbonyl (C=O) groups excluding carboxylic acids is 1. The van der Waals surface area contributed by atoms with Gasteiger partial charge in [0.2, 0.25) is 5.91 Å². The number of aromatic amines is 1. The van der Waals surface area contributed by atoms with Crippen LogP contribution in [0.3, 0.4) is 0 Å². The third-order valence-electron chi connectivity index (χ3n) is 2.45. The number of carbonyl (C=O) groups is 1. The SMILES string of the molecule is Cc1[nH]c(=S)sc1CC(=O)Nc1ccc(Cl)c(Br)c1. The van der Waals surface area contributed by atoms with Crippen molar-refractivity contribution in [1.82, 2.24) is 4.98 Å². The van der Waals surface area contributed by atoms with Gasteiger partial charge in [-0.15, -0.1) is 11.3 Å². The molecule has 1 aromatic carbocycles. The molecule has 0 saturated carbocycles. The van der Waals surface area contributed by atoms with Gasteiger partial charge in [-0.1, -0.05) is 11.6 Å². The van der Waals surface area contributed by atoms with E-state index in [1.54, 1.807) is 18.2 Å². The number of aryl methyl sites for hydroxylation is 1. The van der Waals surface area contributed by atoms with Gasteiger partial charge < -0.3 is 10.3 Å². The molecule has 0 radical (unpaired) electrons. The maximum Gasteiger partial charge on any atom is 0.229 e. The van der Waals surface area contributed by atoms with E-state index in [2.05, 4.69) is 26.2 Å². The van der Waals surface area contributed by atoms with E-state index in [-0.39, 0.29) is 5.91 Å². The van der Waals surface area contributed by atoms with Gasteiger partial charge >= 0.3 is 0 Å². The molecular formula is C12H10BrClN2OS2. The molecule has 0 unspecified atom stereocenters. The van der Waals surface area contributed by atoms with E-state index in [1.165, 1.54) is 11.3 Å². The lowest BCUT2D eigenvalue weighted by Gasteiger charge is -2.06. The summed E-state index contributed by atoms with van der Waals surface area (Å²) in [5, 5.41) is 3.43. The molecule has 2 N–H and O–H groups in total. The number of nitrogens with one attached hydrogen (secondary N) is 2. The van der Waals surface area contributed by atoms with Gasteiger partial charge in [0.05, 0.1) is 11.4 Å². The molecule has 3 nitrogen and oxygen atoms in total. The third-order valence-corrected chi connectivity index (χ3v) is 5.00. The summed E-state index contributed by atoms with van der Waals surface area (Å²) in [6.45, 7) is 1.91. The fourth-order valence-electron chi connectivity index (χ4n) is 1.53. The Balaban J connectivity index is 2.07. The van der Waals surface area contributed by atoms with Crippen LogP contribution in [0.5, 0.6) is 0 Å². The minimum absolute atomic E-state index is 0.0810. The van der Waals surface area contributed by atoms with Crippen LogP contribution in [0.1, 0.15) is 10.6 Å². The summed E-state index contributed by atoms with van der Waals surface area (Å²) in [6, 6.07) is 5.26. The number of halogens is 2. The van der Waals surface area contributed by atoms with Gasteiger partial charge in [-0.2, -0.15) is 0 Å². The average molecular weight is 378 g/mol. The minimum atomic E-state index is -0.0810. The Morgan fingerprint density at radius 3 is 2.89 bits per heavy atom. The Labute approximate surface area is 133 Å². The van der Waals surface area contributed by atoms with Crippen molar-refractivity contribution in [3.8, 4) is 0 Å². The molecule has 1 heterocycles. The standard InChI is InChI=1S/C12H10BrClN2OS2/c1-6-10(19-12(18)15-6)5-11(17)16-7-2-3-9(14)8(13)4-7/h2-4H,5H2,1H3,(H,15,18)(H,16,17). The molecule has 7 heteroatoms. The van der Waals surface area contributed by atoms with Crippen LogP contribution in [0, 0.1) is 10.9 Å². The van der Waals surface area contributed by atoms with Crippen LogP contribution in [0.15, 0.2) is 22.7 Å². The highest BCUT2D eigenvalue weighted by molar-refractivity contribution is 9.10. The van der Waals surface area contributed by atoms with Crippen LogP contribution in [0.25, 0.3) is 0 Å². The molecule has 1 amide bonds. The molecule has 0 atom stereocenters. The quantitative estimate of drug-likeness (QED) is 0.761. The molecular weight excluding hydrogens is 368 g/mol. The van der Waals surface area contributed by atoms with Gasteiger partial charge in [0.1, 0.15) is 0 Å². The second kappa shape index (κ2) is 6.17. The van der Waals surface area contributed by atoms with E-state index in [9.17, 15) is 4.79 Å². The van der Waals surface area contributed by atoms with E-state index in [0.29, 0.717) is 21.1 Å². The van der Waals surface area contributed by atoms with Gasteiger partial charge in [0, 0.05) is 20.7 Å². The lowest BCUT2D eigenvalue weighted by Crippen LogP contribution is -2.14. The molecule has 100 valence electrons. The third kappa shape index (κ3) is 3.89. The molecule has 0 bridgehead atoms. The zero-order valence-electron chi connectivity index (χ0n) is 9.92. The number of thiazole rings is 1. The van der Waals surface area contributed by atoms with Gasteiger partial charge in [-0.3, -0.25) is 4.79 Å². The Morgan fingerprint density at radius 2 is 2.32 bits per heavy atom. The predicted molar refractivity (Wildman–Crippen MR) is 85.7 cm³/mol. The van der Waals surface area contributed by atoms with E-state index in [4.69, 9.17) is 23.8 Å². The summed E-state index contributed by atoms with van der Waals surface area (Å²) >= 11 is 15.7. The van der Waals surface area contributed by atoms with Crippen molar-refractivity contribution >= 4 is 62.7 Å². The average Bonchev–Trinajstić information content (AvgIpc) is 2.62. The molecule has 2 rings (SSSR count). The Morgan fingerprint density at radius 1 is 1.58 bits per heavy atom. The lowest BCUT2D eigenvalue weighted by molar-refractivity contribution is -0.115. The number of benzene rings is 1. The van der Waals surface area contributed by atoms with E-state index >= 15 is 0 Å². The van der Waals surface area contributed by atoms with Crippen LogP contribution in [0.4, 0.5) is 5.69 Å².